The maximum atomic E-state index is 15.6. The van der Waals surface area contributed by atoms with Crippen LogP contribution in [0.1, 0.15) is 61.2 Å². The molecule has 0 aliphatic carbocycles. The van der Waals surface area contributed by atoms with Crippen molar-refractivity contribution in [2.24, 2.45) is 0 Å². The van der Waals surface area contributed by atoms with Gasteiger partial charge in [-0.2, -0.15) is 5.10 Å². The Morgan fingerprint density at radius 3 is 2.60 bits per heavy atom. The summed E-state index contributed by atoms with van der Waals surface area (Å²) in [6.45, 7) is 9.91. The van der Waals surface area contributed by atoms with Crippen LogP contribution in [0.2, 0.25) is 0 Å². The first-order valence-corrected chi connectivity index (χ1v) is 15.0. The number of aliphatic carboxylic acids is 1. The molecule has 3 aromatic carbocycles. The average Bonchev–Trinajstić information content (AvgIpc) is 3.44. The smallest absolute Gasteiger partial charge is 0.337 e. The fourth-order valence-electron chi connectivity index (χ4n) is 5.82. The molecule has 232 valence electrons. The summed E-state index contributed by atoms with van der Waals surface area (Å²) in [5, 5.41) is 15.4. The number of fused-ring (bicyclic) bond motifs is 2. The van der Waals surface area contributed by atoms with Crippen LogP contribution in [0.15, 0.2) is 66.7 Å². The lowest BCUT2D eigenvalue weighted by Crippen LogP contribution is -2.29. The molecule has 0 saturated carbocycles. The molecule has 6 rings (SSSR count). The van der Waals surface area contributed by atoms with Crippen LogP contribution in [-0.2, 0) is 22.6 Å². The van der Waals surface area contributed by atoms with E-state index in [0.29, 0.717) is 59.2 Å². The topological polar surface area (TPSA) is 95.2 Å². The van der Waals surface area contributed by atoms with Gasteiger partial charge in [0.15, 0.2) is 23.3 Å². The predicted molar refractivity (Wildman–Crippen MR) is 169 cm³/mol. The molecule has 3 heterocycles. The van der Waals surface area contributed by atoms with Crippen molar-refractivity contribution in [2.75, 3.05) is 6.61 Å². The zero-order chi connectivity index (χ0) is 31.9. The van der Waals surface area contributed by atoms with Crippen LogP contribution in [0, 0.1) is 19.7 Å². The molecule has 0 fully saturated rings. The van der Waals surface area contributed by atoms with Crippen LogP contribution in [-0.4, -0.2) is 37.9 Å². The Bertz CT molecular complexity index is 1900. The van der Waals surface area contributed by atoms with Crippen LogP contribution in [0.25, 0.3) is 28.2 Å². The molecular formula is C36H36FN3O5. The van der Waals surface area contributed by atoms with Gasteiger partial charge in [0, 0.05) is 34.0 Å². The highest BCUT2D eigenvalue weighted by atomic mass is 19.1. The van der Waals surface area contributed by atoms with Crippen molar-refractivity contribution in [3.05, 3.63) is 100 Å². The highest BCUT2D eigenvalue weighted by molar-refractivity contribution is 5.82. The maximum Gasteiger partial charge on any atom is 0.337 e. The van der Waals surface area contributed by atoms with E-state index >= 15 is 4.39 Å². The van der Waals surface area contributed by atoms with Gasteiger partial charge in [0.05, 0.1) is 23.6 Å². The van der Waals surface area contributed by atoms with Gasteiger partial charge in [0.2, 0.25) is 0 Å². The maximum absolute atomic E-state index is 15.6. The van der Waals surface area contributed by atoms with Crippen LogP contribution < -0.4 is 9.47 Å². The summed E-state index contributed by atoms with van der Waals surface area (Å²) in [7, 11) is 0. The quantitative estimate of drug-likeness (QED) is 0.193. The molecule has 1 aliphatic heterocycles. The lowest BCUT2D eigenvalue weighted by molar-refractivity contribution is -0.160. The van der Waals surface area contributed by atoms with Crippen LogP contribution >= 0.6 is 0 Å². The predicted octanol–water partition coefficient (Wildman–Crippen LogP) is 7.66. The average molecular weight is 610 g/mol. The normalized spacial score (nSPS) is 13.7. The first-order valence-electron chi connectivity index (χ1n) is 15.0. The molecule has 1 aliphatic rings. The molecule has 1 N–H and O–H groups in total. The lowest BCUT2D eigenvalue weighted by Gasteiger charge is -2.28. The van der Waals surface area contributed by atoms with E-state index in [-0.39, 0.29) is 5.75 Å². The Kier molecular flexibility index (Phi) is 8.05. The molecule has 0 bridgehead atoms. The highest BCUT2D eigenvalue weighted by Gasteiger charge is 2.34. The highest BCUT2D eigenvalue weighted by Crippen LogP contribution is 2.42. The summed E-state index contributed by atoms with van der Waals surface area (Å²) >= 11 is 0. The van der Waals surface area contributed by atoms with E-state index < -0.39 is 23.5 Å². The Balaban J connectivity index is 1.54. The fourth-order valence-corrected chi connectivity index (χ4v) is 5.82. The molecule has 0 spiro atoms. The minimum Gasteiger partial charge on any atom is -0.490 e. The Morgan fingerprint density at radius 2 is 1.87 bits per heavy atom. The van der Waals surface area contributed by atoms with E-state index in [1.54, 1.807) is 32.2 Å². The van der Waals surface area contributed by atoms with Crippen molar-refractivity contribution in [3.63, 3.8) is 0 Å². The van der Waals surface area contributed by atoms with Crippen LogP contribution in [0.3, 0.4) is 0 Å². The van der Waals surface area contributed by atoms with Crippen LogP contribution in [0.5, 0.6) is 11.5 Å². The summed E-state index contributed by atoms with van der Waals surface area (Å²) in [5.74, 6) is -0.750. The third-order valence-electron chi connectivity index (χ3n) is 7.86. The van der Waals surface area contributed by atoms with E-state index in [2.05, 4.69) is 0 Å². The van der Waals surface area contributed by atoms with Crippen LogP contribution in [0.4, 0.5) is 4.39 Å². The number of halogens is 1. The summed E-state index contributed by atoms with van der Waals surface area (Å²) < 4.78 is 35.1. The SMILES string of the molecule is Cc1nc2cc(-c3cccc(OCc4ccccc4)c3)nn2c(-c2cc(F)c3c(c2C)CCCO3)c1C(OC(C)(C)C)C(=O)O. The van der Waals surface area contributed by atoms with E-state index in [1.807, 2.05) is 67.6 Å². The molecule has 2 aromatic heterocycles. The second-order valence-electron chi connectivity index (χ2n) is 12.3. The van der Waals surface area contributed by atoms with Crippen molar-refractivity contribution in [2.45, 2.75) is 65.8 Å². The molecule has 0 radical (unpaired) electrons. The van der Waals surface area contributed by atoms with Gasteiger partial charge in [-0.3, -0.25) is 0 Å². The molecule has 8 nitrogen and oxygen atoms in total. The Labute approximate surface area is 261 Å². The second kappa shape index (κ2) is 12.0. The number of benzene rings is 3. The van der Waals surface area contributed by atoms with Gasteiger partial charge < -0.3 is 19.3 Å². The van der Waals surface area contributed by atoms with Gasteiger partial charge >= 0.3 is 5.97 Å². The van der Waals surface area contributed by atoms with Crippen molar-refractivity contribution in [3.8, 4) is 34.0 Å². The molecule has 5 aromatic rings. The number of carboxylic acids is 1. The fraction of sp³-hybridized carbons (Fsp3) is 0.306. The summed E-state index contributed by atoms with van der Waals surface area (Å²) in [4.78, 5) is 17.6. The zero-order valence-electron chi connectivity index (χ0n) is 26.1. The summed E-state index contributed by atoms with van der Waals surface area (Å²) in [5.41, 5.74) is 5.42. The van der Waals surface area contributed by atoms with E-state index in [0.717, 1.165) is 28.7 Å². The molecular weight excluding hydrogens is 573 g/mol. The number of carbonyl (C=O) groups is 1. The molecule has 1 unspecified atom stereocenters. The number of hydrogen-bond acceptors (Lipinski definition) is 6. The first kappa shape index (κ1) is 30.3. The lowest BCUT2D eigenvalue weighted by atomic mass is 9.91. The van der Waals surface area contributed by atoms with Gasteiger partial charge in [0.1, 0.15) is 12.4 Å². The second-order valence-corrected chi connectivity index (χ2v) is 12.3. The van der Waals surface area contributed by atoms with E-state index in [4.69, 9.17) is 24.3 Å². The number of nitrogens with zero attached hydrogens (tertiary/aromatic N) is 3. The van der Waals surface area contributed by atoms with Crippen molar-refractivity contribution >= 4 is 11.6 Å². The largest absolute Gasteiger partial charge is 0.490 e. The number of rotatable bonds is 8. The van der Waals surface area contributed by atoms with Gasteiger partial charge in [-0.05, 0) is 76.8 Å². The third-order valence-corrected chi connectivity index (χ3v) is 7.86. The van der Waals surface area contributed by atoms with Gasteiger partial charge in [0.25, 0.3) is 0 Å². The number of hydrogen-bond donors (Lipinski definition) is 1. The van der Waals surface area contributed by atoms with Crippen molar-refractivity contribution in [1.82, 2.24) is 14.6 Å². The minimum atomic E-state index is -1.38. The zero-order valence-corrected chi connectivity index (χ0v) is 26.1. The van der Waals surface area contributed by atoms with E-state index in [9.17, 15) is 9.90 Å². The number of aromatic nitrogens is 3. The van der Waals surface area contributed by atoms with Gasteiger partial charge in [-0.25, -0.2) is 18.7 Å². The third kappa shape index (κ3) is 6.13. The Hall–Kier alpha value is -4.76. The number of carboxylic acid groups (broad SMARTS) is 1. The molecule has 1 atom stereocenters. The van der Waals surface area contributed by atoms with Crippen molar-refractivity contribution in [1.29, 1.82) is 0 Å². The van der Waals surface area contributed by atoms with Gasteiger partial charge in [-0.15, -0.1) is 0 Å². The molecule has 0 amide bonds. The number of ether oxygens (including phenoxy) is 3. The minimum absolute atomic E-state index is 0.250. The number of aryl methyl sites for hydroxylation is 1. The Morgan fingerprint density at radius 1 is 1.09 bits per heavy atom. The van der Waals surface area contributed by atoms with E-state index in [1.165, 1.54) is 6.07 Å². The summed E-state index contributed by atoms with van der Waals surface area (Å²) in [6, 6.07) is 20.8. The molecule has 0 saturated heterocycles. The monoisotopic (exact) mass is 609 g/mol. The standard InChI is InChI=1S/C36H36FN3O5/c1-21-26-15-10-16-43-33(26)28(37)18-27(21)32-31(34(35(41)42)45-36(3,4)5)22(2)38-30-19-29(39-40(30)32)24-13-9-14-25(17-24)44-20-23-11-7-6-8-12-23/h6-9,11-14,17-19,34H,10,15-16,20H2,1-5H3,(H,41,42). The van der Waals surface area contributed by atoms with Crippen molar-refractivity contribution < 1.29 is 28.5 Å². The summed E-state index contributed by atoms with van der Waals surface area (Å²) in [6.07, 6.45) is 0.0255. The first-order chi connectivity index (χ1) is 21.5. The molecule has 9 heteroatoms. The van der Waals surface area contributed by atoms with Gasteiger partial charge in [-0.1, -0.05) is 42.5 Å². The molecule has 45 heavy (non-hydrogen) atoms.